The standard InChI is InChI=1S/C23H21N3O4S3/c1-3-30-21(29)19-20(28)25-23(33-19)31-13-17(27)26(12-15-9-5-4-6-10-15)22-24-18-14(2)8-7-11-16(18)32-22/h4-11,19H,3,12-13H2,1-2H3/t19-/m1/s1. The van der Waals surface area contributed by atoms with Gasteiger partial charge < -0.3 is 4.74 Å². The first-order valence-electron chi connectivity index (χ1n) is 10.3. The number of ether oxygens (including phenoxy) is 1. The summed E-state index contributed by atoms with van der Waals surface area (Å²) < 4.78 is 6.34. The van der Waals surface area contributed by atoms with Crippen LogP contribution in [0, 0.1) is 6.92 Å². The zero-order chi connectivity index (χ0) is 23.4. The third-order valence-corrected chi connectivity index (χ3v) is 8.13. The van der Waals surface area contributed by atoms with Crippen LogP contribution in [-0.4, -0.2) is 44.8 Å². The lowest BCUT2D eigenvalue weighted by Crippen LogP contribution is -2.32. The summed E-state index contributed by atoms with van der Waals surface area (Å²) in [5.74, 6) is -1.24. The van der Waals surface area contributed by atoms with Crippen LogP contribution in [0.25, 0.3) is 10.2 Å². The number of benzene rings is 2. The van der Waals surface area contributed by atoms with Crippen LogP contribution in [-0.2, 0) is 25.7 Å². The number of hydrogen-bond acceptors (Lipinski definition) is 8. The quantitative estimate of drug-likeness (QED) is 0.351. The number of fused-ring (bicyclic) bond motifs is 1. The highest BCUT2D eigenvalue weighted by molar-refractivity contribution is 8.40. The summed E-state index contributed by atoms with van der Waals surface area (Å²) in [4.78, 5) is 47.6. The fourth-order valence-electron chi connectivity index (χ4n) is 3.18. The number of hydrogen-bond donors (Lipinski definition) is 0. The van der Waals surface area contributed by atoms with E-state index in [1.54, 1.807) is 11.8 Å². The number of carbonyl (C=O) groups excluding carboxylic acids is 3. The minimum Gasteiger partial charge on any atom is -0.465 e. The number of aromatic nitrogens is 1. The molecule has 3 aromatic rings. The molecule has 0 bridgehead atoms. The van der Waals surface area contributed by atoms with Gasteiger partial charge in [-0.15, -0.1) is 0 Å². The molecule has 0 aliphatic carbocycles. The van der Waals surface area contributed by atoms with E-state index in [9.17, 15) is 14.4 Å². The number of thioether (sulfide) groups is 2. The first kappa shape index (κ1) is 23.5. The van der Waals surface area contributed by atoms with Gasteiger partial charge in [-0.25, -0.2) is 4.98 Å². The van der Waals surface area contributed by atoms with Crippen LogP contribution in [0.2, 0.25) is 0 Å². The molecule has 1 aliphatic heterocycles. The number of aliphatic imine (C=N–C) groups is 1. The van der Waals surface area contributed by atoms with Crippen LogP contribution in [0.15, 0.2) is 53.5 Å². The van der Waals surface area contributed by atoms with E-state index in [1.165, 1.54) is 11.3 Å². The van der Waals surface area contributed by atoms with Crippen molar-refractivity contribution in [2.24, 2.45) is 4.99 Å². The maximum absolute atomic E-state index is 13.3. The molecule has 170 valence electrons. The number of carbonyl (C=O) groups is 3. The van der Waals surface area contributed by atoms with Gasteiger partial charge in [0, 0.05) is 0 Å². The summed E-state index contributed by atoms with van der Waals surface area (Å²) in [5.41, 5.74) is 2.92. The monoisotopic (exact) mass is 499 g/mol. The van der Waals surface area contributed by atoms with Gasteiger partial charge in [-0.3, -0.25) is 19.3 Å². The first-order chi connectivity index (χ1) is 16.0. The highest BCUT2D eigenvalue weighted by Crippen LogP contribution is 2.33. The second-order valence-corrected chi connectivity index (χ2v) is 10.5. The molecule has 2 aromatic carbocycles. The number of esters is 1. The molecule has 2 heterocycles. The Morgan fingerprint density at radius 1 is 1.15 bits per heavy atom. The van der Waals surface area contributed by atoms with Crippen LogP contribution in [0.3, 0.4) is 0 Å². The number of nitrogens with zero attached hydrogens (tertiary/aromatic N) is 3. The van der Waals surface area contributed by atoms with Crippen LogP contribution in [0.1, 0.15) is 18.1 Å². The zero-order valence-electron chi connectivity index (χ0n) is 18.0. The average molecular weight is 500 g/mol. The highest BCUT2D eigenvalue weighted by Gasteiger charge is 2.36. The third-order valence-electron chi connectivity index (χ3n) is 4.79. The molecule has 0 saturated heterocycles. The molecule has 0 unspecified atom stereocenters. The van der Waals surface area contributed by atoms with Crippen molar-refractivity contribution >= 4 is 72.4 Å². The van der Waals surface area contributed by atoms with Crippen molar-refractivity contribution in [2.45, 2.75) is 25.6 Å². The summed E-state index contributed by atoms with van der Waals surface area (Å²) in [7, 11) is 0. The number of rotatable bonds is 7. The molecule has 0 fully saturated rings. The van der Waals surface area contributed by atoms with E-state index in [4.69, 9.17) is 9.72 Å². The van der Waals surface area contributed by atoms with Crippen LogP contribution in [0.5, 0.6) is 0 Å². The summed E-state index contributed by atoms with van der Waals surface area (Å²) in [6, 6.07) is 15.7. The minimum atomic E-state index is -0.991. The summed E-state index contributed by atoms with van der Waals surface area (Å²) in [5, 5.41) is -0.370. The SMILES string of the molecule is CCOC(=O)[C@@H]1SC(SCC(=O)N(Cc2ccccc2)c2nc3c(C)cccc3s2)=NC1=O. The van der Waals surface area contributed by atoms with Gasteiger partial charge in [0.2, 0.25) is 5.91 Å². The number of para-hydroxylation sites is 1. The van der Waals surface area contributed by atoms with Crippen molar-refractivity contribution in [2.75, 3.05) is 17.3 Å². The molecule has 0 spiro atoms. The molecular weight excluding hydrogens is 478 g/mol. The maximum atomic E-state index is 13.3. The Morgan fingerprint density at radius 3 is 2.67 bits per heavy atom. The Morgan fingerprint density at radius 2 is 1.94 bits per heavy atom. The lowest BCUT2D eigenvalue weighted by atomic mass is 10.2. The molecule has 10 heteroatoms. The Kier molecular flexibility index (Phi) is 7.46. The topological polar surface area (TPSA) is 88.9 Å². The second-order valence-electron chi connectivity index (χ2n) is 7.14. The maximum Gasteiger partial charge on any atom is 0.329 e. The molecule has 0 radical (unpaired) electrons. The molecule has 1 atom stereocenters. The Hall–Kier alpha value is -2.69. The lowest BCUT2D eigenvalue weighted by Gasteiger charge is -2.20. The zero-order valence-corrected chi connectivity index (χ0v) is 20.5. The van der Waals surface area contributed by atoms with Gasteiger partial charge in [0.15, 0.2) is 10.4 Å². The summed E-state index contributed by atoms with van der Waals surface area (Å²) >= 11 is 3.65. The van der Waals surface area contributed by atoms with Crippen LogP contribution >= 0.6 is 34.9 Å². The average Bonchev–Trinajstić information content (AvgIpc) is 3.41. The van der Waals surface area contributed by atoms with Crippen molar-refractivity contribution in [1.82, 2.24) is 4.98 Å². The molecule has 33 heavy (non-hydrogen) atoms. The first-order valence-corrected chi connectivity index (χ1v) is 12.9. The number of thiazole rings is 1. The van der Waals surface area contributed by atoms with E-state index < -0.39 is 17.1 Å². The van der Waals surface area contributed by atoms with E-state index >= 15 is 0 Å². The van der Waals surface area contributed by atoms with E-state index in [1.807, 2.05) is 55.5 Å². The number of aryl methyl sites for hydroxylation is 1. The van der Waals surface area contributed by atoms with E-state index in [0.717, 1.165) is 44.9 Å². The van der Waals surface area contributed by atoms with Gasteiger partial charge in [0.1, 0.15) is 4.38 Å². The summed E-state index contributed by atoms with van der Waals surface area (Å²) in [6.07, 6.45) is 0. The van der Waals surface area contributed by atoms with Crippen molar-refractivity contribution in [1.29, 1.82) is 0 Å². The van der Waals surface area contributed by atoms with Gasteiger partial charge in [-0.1, -0.05) is 77.3 Å². The fraction of sp³-hybridized carbons (Fsp3) is 0.261. The van der Waals surface area contributed by atoms with Crippen molar-refractivity contribution in [3.05, 3.63) is 59.7 Å². The van der Waals surface area contributed by atoms with E-state index in [2.05, 4.69) is 4.99 Å². The van der Waals surface area contributed by atoms with Crippen molar-refractivity contribution < 1.29 is 19.1 Å². The second kappa shape index (κ2) is 10.5. The third kappa shape index (κ3) is 5.45. The van der Waals surface area contributed by atoms with Crippen molar-refractivity contribution in [3.63, 3.8) is 0 Å². The molecule has 0 saturated carbocycles. The lowest BCUT2D eigenvalue weighted by molar-refractivity contribution is -0.144. The predicted octanol–water partition coefficient (Wildman–Crippen LogP) is 4.43. The minimum absolute atomic E-state index is 0.0659. The highest BCUT2D eigenvalue weighted by atomic mass is 32.2. The normalized spacial score (nSPS) is 15.5. The van der Waals surface area contributed by atoms with Crippen LogP contribution in [0.4, 0.5) is 5.13 Å². The molecular formula is C23H21N3O4S3. The van der Waals surface area contributed by atoms with Gasteiger partial charge in [-0.05, 0) is 31.0 Å². The molecule has 7 nitrogen and oxygen atoms in total. The van der Waals surface area contributed by atoms with E-state index in [0.29, 0.717) is 16.1 Å². The Labute approximate surface area is 203 Å². The summed E-state index contributed by atoms with van der Waals surface area (Å²) in [6.45, 7) is 4.25. The van der Waals surface area contributed by atoms with Gasteiger partial charge in [0.05, 0.1) is 29.1 Å². The van der Waals surface area contributed by atoms with Gasteiger partial charge in [0.25, 0.3) is 5.91 Å². The predicted molar refractivity (Wildman–Crippen MR) is 135 cm³/mol. The van der Waals surface area contributed by atoms with Gasteiger partial charge >= 0.3 is 5.97 Å². The molecule has 1 aliphatic rings. The molecule has 2 amide bonds. The van der Waals surface area contributed by atoms with E-state index in [-0.39, 0.29) is 18.3 Å². The smallest absolute Gasteiger partial charge is 0.329 e. The Bertz CT molecular complexity index is 1230. The molecule has 0 N–H and O–H groups in total. The molecule has 4 rings (SSSR count). The fourth-order valence-corrected chi connectivity index (χ4v) is 6.20. The number of anilines is 1. The van der Waals surface area contributed by atoms with Crippen molar-refractivity contribution in [3.8, 4) is 0 Å². The number of amides is 2. The molecule has 1 aromatic heterocycles. The van der Waals surface area contributed by atoms with Gasteiger partial charge in [-0.2, -0.15) is 4.99 Å². The van der Waals surface area contributed by atoms with Crippen LogP contribution < -0.4 is 4.90 Å². The Balaban J connectivity index is 1.51. The largest absolute Gasteiger partial charge is 0.465 e.